The van der Waals surface area contributed by atoms with Crippen LogP contribution in [0.4, 0.5) is 0 Å². The quantitative estimate of drug-likeness (QED) is 0.240. The number of hydrogen-bond donors (Lipinski definition) is 3. The van der Waals surface area contributed by atoms with E-state index in [1.54, 1.807) is 18.9 Å². The first-order valence-electron chi connectivity index (χ1n) is 17.2. The molecule has 1 heterocycles. The Bertz CT molecular complexity index is 1500. The fourth-order valence-corrected chi connectivity index (χ4v) is 6.59. The number of likely N-dealkylation sites (tertiary alicyclic amines) is 1. The lowest BCUT2D eigenvalue weighted by molar-refractivity contribution is -0.145. The summed E-state index contributed by atoms with van der Waals surface area (Å²) >= 11 is 0. The Balaban J connectivity index is 1.27. The number of nitrogens with zero attached hydrogens (tertiary/aromatic N) is 1. The molecule has 3 N–H and O–H groups in total. The minimum Gasteiger partial charge on any atom is -0.489 e. The summed E-state index contributed by atoms with van der Waals surface area (Å²) in [4.78, 5) is 42.8. The number of carbonyl (C=O) groups is 3. The van der Waals surface area contributed by atoms with Crippen molar-refractivity contribution in [2.24, 2.45) is 0 Å². The number of amides is 3. The number of ether oxygens (including phenoxy) is 1. The summed E-state index contributed by atoms with van der Waals surface area (Å²) in [5, 5.41) is 9.22. The van der Waals surface area contributed by atoms with Gasteiger partial charge in [0.05, 0.1) is 12.1 Å². The molecule has 8 nitrogen and oxygen atoms in total. The molecule has 1 aliphatic heterocycles. The molecule has 8 heteroatoms. The lowest BCUT2D eigenvalue weighted by Crippen LogP contribution is -2.59. The van der Waals surface area contributed by atoms with Crippen molar-refractivity contribution in [2.75, 3.05) is 13.6 Å². The normalized spacial score (nSPS) is 19.0. The van der Waals surface area contributed by atoms with Gasteiger partial charge < -0.3 is 25.6 Å². The van der Waals surface area contributed by atoms with Gasteiger partial charge >= 0.3 is 0 Å². The SMILES string of the molecule is CN[C@@H](C)C(=O)N[C@@H](Cc1ccc(OCc2ccc(C(C)C)cc2)cc1)C(=O)N1CCCC[C@H]1C(=O)N[C@@H]1CCCc2ccccc21. The first-order chi connectivity index (χ1) is 22.7. The van der Waals surface area contributed by atoms with E-state index in [9.17, 15) is 14.4 Å². The molecule has 250 valence electrons. The van der Waals surface area contributed by atoms with Crippen LogP contribution < -0.4 is 20.7 Å². The summed E-state index contributed by atoms with van der Waals surface area (Å²) in [5.41, 5.74) is 5.73. The van der Waals surface area contributed by atoms with Crippen molar-refractivity contribution in [1.29, 1.82) is 0 Å². The van der Waals surface area contributed by atoms with Gasteiger partial charge in [-0.1, -0.05) is 74.5 Å². The molecule has 4 atom stereocenters. The Labute approximate surface area is 279 Å². The van der Waals surface area contributed by atoms with Crippen molar-refractivity contribution >= 4 is 17.7 Å². The van der Waals surface area contributed by atoms with Crippen LogP contribution in [0.3, 0.4) is 0 Å². The second kappa shape index (κ2) is 16.1. The molecule has 2 aliphatic rings. The van der Waals surface area contributed by atoms with E-state index in [1.807, 2.05) is 36.4 Å². The van der Waals surface area contributed by atoms with E-state index in [-0.39, 0.29) is 23.8 Å². The molecule has 0 unspecified atom stereocenters. The van der Waals surface area contributed by atoms with Gasteiger partial charge in [-0.25, -0.2) is 0 Å². The average Bonchev–Trinajstić information content (AvgIpc) is 3.10. The molecule has 1 fully saturated rings. The fraction of sp³-hybridized carbons (Fsp3) is 0.462. The third kappa shape index (κ3) is 8.80. The van der Waals surface area contributed by atoms with Crippen LogP contribution in [0.1, 0.15) is 92.7 Å². The largest absolute Gasteiger partial charge is 0.489 e. The number of hydrogen-bond acceptors (Lipinski definition) is 5. The lowest BCUT2D eigenvalue weighted by Gasteiger charge is -2.38. The highest BCUT2D eigenvalue weighted by molar-refractivity contribution is 5.93. The maximum atomic E-state index is 14.2. The van der Waals surface area contributed by atoms with Crippen LogP contribution in [0.25, 0.3) is 0 Å². The number of carbonyl (C=O) groups excluding carboxylic acids is 3. The van der Waals surface area contributed by atoms with E-state index in [4.69, 9.17) is 4.74 Å². The summed E-state index contributed by atoms with van der Waals surface area (Å²) in [6, 6.07) is 22.5. The highest BCUT2D eigenvalue weighted by Gasteiger charge is 2.37. The number of fused-ring (bicyclic) bond motifs is 1. The van der Waals surface area contributed by atoms with Gasteiger partial charge in [-0.2, -0.15) is 0 Å². The Kier molecular flexibility index (Phi) is 11.7. The minimum absolute atomic E-state index is 0.0570. The van der Waals surface area contributed by atoms with Gasteiger partial charge in [0.25, 0.3) is 0 Å². The van der Waals surface area contributed by atoms with Crippen molar-refractivity contribution in [2.45, 2.75) is 102 Å². The van der Waals surface area contributed by atoms with Gasteiger partial charge in [-0.15, -0.1) is 0 Å². The summed E-state index contributed by atoms with van der Waals surface area (Å²) in [6.07, 6.45) is 5.52. The van der Waals surface area contributed by atoms with Crippen LogP contribution in [-0.4, -0.2) is 54.3 Å². The zero-order valence-electron chi connectivity index (χ0n) is 28.3. The Morgan fingerprint density at radius 2 is 1.60 bits per heavy atom. The molecule has 0 bridgehead atoms. The molecule has 3 aromatic rings. The van der Waals surface area contributed by atoms with E-state index < -0.39 is 18.1 Å². The maximum absolute atomic E-state index is 14.2. The summed E-state index contributed by atoms with van der Waals surface area (Å²) in [7, 11) is 1.72. The van der Waals surface area contributed by atoms with Crippen molar-refractivity contribution < 1.29 is 19.1 Å². The van der Waals surface area contributed by atoms with Crippen LogP contribution in [0, 0.1) is 0 Å². The van der Waals surface area contributed by atoms with Gasteiger partial charge in [0, 0.05) is 13.0 Å². The number of likely N-dealkylation sites (N-methyl/N-ethyl adjacent to an activating group) is 1. The highest BCUT2D eigenvalue weighted by Crippen LogP contribution is 2.30. The number of aryl methyl sites for hydroxylation is 1. The van der Waals surface area contributed by atoms with E-state index >= 15 is 0 Å². The Morgan fingerprint density at radius 3 is 2.32 bits per heavy atom. The van der Waals surface area contributed by atoms with Crippen LogP contribution in [0.5, 0.6) is 5.75 Å². The van der Waals surface area contributed by atoms with Crippen molar-refractivity contribution in [3.63, 3.8) is 0 Å². The first kappa shape index (κ1) is 34.2. The smallest absolute Gasteiger partial charge is 0.246 e. The summed E-state index contributed by atoms with van der Waals surface area (Å²) < 4.78 is 6.03. The molecular weight excluding hydrogens is 588 g/mol. The zero-order chi connectivity index (χ0) is 33.3. The zero-order valence-corrected chi connectivity index (χ0v) is 28.3. The van der Waals surface area contributed by atoms with Gasteiger partial charge in [0.1, 0.15) is 24.4 Å². The second-order valence-electron chi connectivity index (χ2n) is 13.3. The monoisotopic (exact) mass is 638 g/mol. The van der Waals surface area contributed by atoms with Crippen molar-refractivity contribution in [1.82, 2.24) is 20.9 Å². The molecule has 5 rings (SSSR count). The molecule has 0 aromatic heterocycles. The summed E-state index contributed by atoms with van der Waals surface area (Å²) in [5.74, 6) is 0.613. The number of rotatable bonds is 12. The lowest BCUT2D eigenvalue weighted by atomic mass is 9.87. The van der Waals surface area contributed by atoms with Gasteiger partial charge in [0.2, 0.25) is 17.7 Å². The van der Waals surface area contributed by atoms with E-state index in [1.165, 1.54) is 16.7 Å². The molecule has 1 saturated heterocycles. The molecule has 1 aliphatic carbocycles. The first-order valence-corrected chi connectivity index (χ1v) is 17.2. The second-order valence-corrected chi connectivity index (χ2v) is 13.3. The Morgan fingerprint density at radius 1 is 0.872 bits per heavy atom. The Hall–Kier alpha value is -4.17. The predicted octanol–water partition coefficient (Wildman–Crippen LogP) is 5.60. The van der Waals surface area contributed by atoms with Crippen molar-refractivity contribution in [3.05, 3.63) is 101 Å². The third-order valence-corrected chi connectivity index (χ3v) is 9.63. The van der Waals surface area contributed by atoms with Gasteiger partial charge in [-0.05, 0) is 98.4 Å². The topological polar surface area (TPSA) is 99.8 Å². The molecule has 0 saturated carbocycles. The molecule has 3 aromatic carbocycles. The van der Waals surface area contributed by atoms with Crippen LogP contribution in [-0.2, 0) is 33.8 Å². The molecule has 47 heavy (non-hydrogen) atoms. The van der Waals surface area contributed by atoms with E-state index in [2.05, 4.69) is 66.2 Å². The number of benzene rings is 3. The standard InChI is InChI=1S/C39H50N4O4/c1-26(2)30-19-15-29(16-20-30)25-47-32-21-17-28(18-22-32)24-35(42-37(44)27(3)40-4)39(46)43-23-8-7-14-36(43)38(45)41-34-13-9-11-31-10-5-6-12-33(31)34/h5-6,10,12,15-22,26-27,34-36,40H,7-9,11,13-14,23-25H2,1-4H3,(H,41,45)(H,42,44)/t27-,34+,35-,36-/m0/s1. The molecule has 0 spiro atoms. The van der Waals surface area contributed by atoms with Crippen LogP contribution >= 0.6 is 0 Å². The fourth-order valence-electron chi connectivity index (χ4n) is 6.59. The van der Waals surface area contributed by atoms with Crippen LogP contribution in [0.15, 0.2) is 72.8 Å². The van der Waals surface area contributed by atoms with Crippen molar-refractivity contribution in [3.8, 4) is 5.75 Å². The minimum atomic E-state index is -0.812. The molecular formula is C39H50N4O4. The average molecular weight is 639 g/mol. The van der Waals surface area contributed by atoms with Gasteiger partial charge in [0.15, 0.2) is 0 Å². The van der Waals surface area contributed by atoms with Crippen LogP contribution in [0.2, 0.25) is 0 Å². The number of piperidine rings is 1. The molecule has 0 radical (unpaired) electrons. The van der Waals surface area contributed by atoms with E-state index in [0.29, 0.717) is 31.9 Å². The summed E-state index contributed by atoms with van der Waals surface area (Å²) in [6.45, 7) is 7.06. The maximum Gasteiger partial charge on any atom is 0.246 e. The predicted molar refractivity (Wildman–Crippen MR) is 185 cm³/mol. The third-order valence-electron chi connectivity index (χ3n) is 9.63. The number of nitrogens with one attached hydrogen (secondary N) is 3. The molecule has 3 amide bonds. The van der Waals surface area contributed by atoms with Gasteiger partial charge in [-0.3, -0.25) is 14.4 Å². The van der Waals surface area contributed by atoms with E-state index in [0.717, 1.165) is 49.0 Å². The highest BCUT2D eigenvalue weighted by atomic mass is 16.5.